The summed E-state index contributed by atoms with van der Waals surface area (Å²) >= 11 is 7.25. The summed E-state index contributed by atoms with van der Waals surface area (Å²) in [5.74, 6) is 0.327. The lowest BCUT2D eigenvalue weighted by atomic mass is 10.3. The lowest BCUT2D eigenvalue weighted by Gasteiger charge is -2.05. The molecule has 19 heavy (non-hydrogen) atoms. The van der Waals surface area contributed by atoms with Crippen molar-refractivity contribution in [2.75, 3.05) is 16.8 Å². The Balaban J connectivity index is 2.11. The highest BCUT2D eigenvalue weighted by Gasteiger charge is 2.03. The Bertz CT molecular complexity index is 422. The van der Waals surface area contributed by atoms with Crippen molar-refractivity contribution >= 4 is 40.9 Å². The number of hydrogen-bond donors (Lipinski definition) is 2. The van der Waals surface area contributed by atoms with Crippen molar-refractivity contribution in [3.63, 3.8) is 0 Å². The van der Waals surface area contributed by atoms with Crippen molar-refractivity contribution in [2.45, 2.75) is 19.3 Å². The highest BCUT2D eigenvalue weighted by Crippen LogP contribution is 2.14. The smallest absolute Gasteiger partial charge is 0.303 e. The molecule has 4 nitrogen and oxygen atoms in total. The maximum atomic E-state index is 11.6. The summed E-state index contributed by atoms with van der Waals surface area (Å²) in [5, 5.41) is 11.9. The first-order valence-corrected chi connectivity index (χ1v) is 7.46. The number of benzene rings is 1. The monoisotopic (exact) mass is 301 g/mol. The second-order valence-electron chi connectivity index (χ2n) is 3.96. The predicted molar refractivity (Wildman–Crippen MR) is 78.9 cm³/mol. The Morgan fingerprint density at radius 2 is 1.89 bits per heavy atom. The Kier molecular flexibility index (Phi) is 7.36. The van der Waals surface area contributed by atoms with E-state index in [9.17, 15) is 9.59 Å². The van der Waals surface area contributed by atoms with Gasteiger partial charge in [0, 0.05) is 17.1 Å². The molecule has 0 saturated carbocycles. The van der Waals surface area contributed by atoms with Gasteiger partial charge in [0.2, 0.25) is 5.91 Å². The molecular formula is C13H16ClNO3S. The number of rotatable bonds is 8. The predicted octanol–water partition coefficient (Wildman–Crippen LogP) is 3.27. The summed E-state index contributed by atoms with van der Waals surface area (Å²) in [5.41, 5.74) is 0.723. The largest absolute Gasteiger partial charge is 0.481 e. The molecule has 0 aliphatic heterocycles. The van der Waals surface area contributed by atoms with E-state index in [0.29, 0.717) is 17.2 Å². The zero-order valence-corrected chi connectivity index (χ0v) is 12.0. The Morgan fingerprint density at radius 3 is 2.53 bits per heavy atom. The maximum Gasteiger partial charge on any atom is 0.303 e. The highest BCUT2D eigenvalue weighted by molar-refractivity contribution is 7.99. The number of hydrogen-bond acceptors (Lipinski definition) is 3. The zero-order chi connectivity index (χ0) is 14.1. The lowest BCUT2D eigenvalue weighted by molar-refractivity contribution is -0.137. The number of thioether (sulfide) groups is 1. The number of carbonyl (C=O) groups is 2. The topological polar surface area (TPSA) is 66.4 Å². The van der Waals surface area contributed by atoms with Crippen LogP contribution in [0.2, 0.25) is 5.02 Å². The molecule has 1 amide bonds. The van der Waals surface area contributed by atoms with E-state index < -0.39 is 5.97 Å². The average molecular weight is 302 g/mol. The van der Waals surface area contributed by atoms with E-state index in [1.165, 1.54) is 11.8 Å². The van der Waals surface area contributed by atoms with Gasteiger partial charge in [-0.1, -0.05) is 11.6 Å². The number of carbonyl (C=O) groups excluding carboxylic acids is 1. The molecule has 0 aliphatic carbocycles. The summed E-state index contributed by atoms with van der Waals surface area (Å²) < 4.78 is 0. The quantitative estimate of drug-likeness (QED) is 0.723. The minimum Gasteiger partial charge on any atom is -0.481 e. The third kappa shape index (κ3) is 7.74. The summed E-state index contributed by atoms with van der Waals surface area (Å²) in [6, 6.07) is 6.93. The first-order valence-electron chi connectivity index (χ1n) is 5.93. The number of amides is 1. The first-order chi connectivity index (χ1) is 9.08. The average Bonchev–Trinajstić information content (AvgIpc) is 2.36. The molecule has 1 rings (SSSR count). The van der Waals surface area contributed by atoms with Gasteiger partial charge in [0.15, 0.2) is 0 Å². The molecule has 0 aromatic heterocycles. The second kappa shape index (κ2) is 8.82. The Labute approximate surface area is 121 Å². The van der Waals surface area contributed by atoms with Crippen LogP contribution in [0, 0.1) is 0 Å². The Morgan fingerprint density at radius 1 is 1.21 bits per heavy atom. The van der Waals surface area contributed by atoms with E-state index in [4.69, 9.17) is 16.7 Å². The fourth-order valence-corrected chi connectivity index (χ4v) is 2.31. The molecule has 0 bridgehead atoms. The number of nitrogens with one attached hydrogen (secondary N) is 1. The zero-order valence-electron chi connectivity index (χ0n) is 10.4. The number of aliphatic carboxylic acids is 1. The molecular weight excluding hydrogens is 286 g/mol. The summed E-state index contributed by atoms with van der Waals surface area (Å²) in [4.78, 5) is 21.9. The third-order valence-electron chi connectivity index (χ3n) is 2.29. The van der Waals surface area contributed by atoms with Gasteiger partial charge in [-0.05, 0) is 42.9 Å². The summed E-state index contributed by atoms with van der Waals surface area (Å²) in [6.07, 6.45) is 1.66. The van der Waals surface area contributed by atoms with Crippen molar-refractivity contribution in [3.8, 4) is 0 Å². The van der Waals surface area contributed by atoms with Crippen molar-refractivity contribution in [1.29, 1.82) is 0 Å². The van der Waals surface area contributed by atoms with Crippen LogP contribution >= 0.6 is 23.4 Å². The van der Waals surface area contributed by atoms with E-state index >= 15 is 0 Å². The Hall–Kier alpha value is -1.20. The molecule has 0 heterocycles. The molecule has 0 fully saturated rings. The SMILES string of the molecule is O=C(O)CCCCSCC(=O)Nc1ccc(Cl)cc1. The minimum absolute atomic E-state index is 0.0643. The van der Waals surface area contributed by atoms with Gasteiger partial charge >= 0.3 is 5.97 Å². The molecule has 0 atom stereocenters. The number of anilines is 1. The summed E-state index contributed by atoms with van der Waals surface area (Å²) in [6.45, 7) is 0. The molecule has 0 radical (unpaired) electrons. The number of carboxylic acid groups (broad SMARTS) is 1. The van der Waals surface area contributed by atoms with Crippen LogP contribution < -0.4 is 5.32 Å². The van der Waals surface area contributed by atoms with Crippen LogP contribution in [0.4, 0.5) is 5.69 Å². The van der Waals surface area contributed by atoms with E-state index in [1.807, 2.05) is 0 Å². The minimum atomic E-state index is -0.773. The molecule has 0 unspecified atom stereocenters. The van der Waals surface area contributed by atoms with Crippen LogP contribution in [-0.2, 0) is 9.59 Å². The van der Waals surface area contributed by atoms with Gasteiger partial charge in [-0.15, -0.1) is 0 Å². The van der Waals surface area contributed by atoms with Gasteiger partial charge < -0.3 is 10.4 Å². The van der Waals surface area contributed by atoms with Crippen molar-refractivity contribution < 1.29 is 14.7 Å². The fraction of sp³-hybridized carbons (Fsp3) is 0.385. The fourth-order valence-electron chi connectivity index (χ4n) is 1.38. The van der Waals surface area contributed by atoms with Gasteiger partial charge in [-0.2, -0.15) is 11.8 Å². The first kappa shape index (κ1) is 15.9. The van der Waals surface area contributed by atoms with Gasteiger partial charge in [-0.3, -0.25) is 9.59 Å². The van der Waals surface area contributed by atoms with Crippen LogP contribution in [0.3, 0.4) is 0 Å². The van der Waals surface area contributed by atoms with Crippen molar-refractivity contribution in [3.05, 3.63) is 29.3 Å². The molecule has 104 valence electrons. The summed E-state index contributed by atoms with van der Waals surface area (Å²) in [7, 11) is 0. The van der Waals surface area contributed by atoms with E-state index in [1.54, 1.807) is 24.3 Å². The van der Waals surface area contributed by atoms with Crippen LogP contribution in [0.1, 0.15) is 19.3 Å². The standard InChI is InChI=1S/C13H16ClNO3S/c14-10-4-6-11(7-5-10)15-12(16)9-19-8-2-1-3-13(17)18/h4-7H,1-3,8-9H2,(H,15,16)(H,17,18). The lowest BCUT2D eigenvalue weighted by Crippen LogP contribution is -2.14. The van der Waals surface area contributed by atoms with E-state index in [0.717, 1.165) is 17.9 Å². The number of unbranched alkanes of at least 4 members (excludes halogenated alkanes) is 1. The maximum absolute atomic E-state index is 11.6. The molecule has 1 aromatic rings. The van der Waals surface area contributed by atoms with Crippen molar-refractivity contribution in [1.82, 2.24) is 0 Å². The van der Waals surface area contributed by atoms with Crippen LogP contribution in [0.15, 0.2) is 24.3 Å². The van der Waals surface area contributed by atoms with Gasteiger partial charge in [0.25, 0.3) is 0 Å². The normalized spacial score (nSPS) is 10.2. The highest BCUT2D eigenvalue weighted by atomic mass is 35.5. The third-order valence-corrected chi connectivity index (χ3v) is 3.59. The molecule has 0 saturated heterocycles. The number of carboxylic acids is 1. The van der Waals surface area contributed by atoms with Gasteiger partial charge in [-0.25, -0.2) is 0 Å². The van der Waals surface area contributed by atoms with E-state index in [-0.39, 0.29) is 12.3 Å². The van der Waals surface area contributed by atoms with Crippen LogP contribution in [-0.4, -0.2) is 28.5 Å². The van der Waals surface area contributed by atoms with E-state index in [2.05, 4.69) is 5.32 Å². The van der Waals surface area contributed by atoms with Crippen molar-refractivity contribution in [2.24, 2.45) is 0 Å². The van der Waals surface area contributed by atoms with Crippen LogP contribution in [0.25, 0.3) is 0 Å². The number of halogens is 1. The second-order valence-corrected chi connectivity index (χ2v) is 5.50. The van der Waals surface area contributed by atoms with Gasteiger partial charge in [0.1, 0.15) is 0 Å². The van der Waals surface area contributed by atoms with Crippen LogP contribution in [0.5, 0.6) is 0 Å². The molecule has 1 aromatic carbocycles. The molecule has 2 N–H and O–H groups in total. The van der Waals surface area contributed by atoms with Gasteiger partial charge in [0.05, 0.1) is 5.75 Å². The molecule has 0 spiro atoms. The molecule has 0 aliphatic rings. The molecule has 6 heteroatoms.